The summed E-state index contributed by atoms with van der Waals surface area (Å²) in [5, 5.41) is 3.54. The third-order valence-corrected chi connectivity index (χ3v) is 4.06. The Kier molecular flexibility index (Phi) is 3.53. The molecule has 2 atom stereocenters. The van der Waals surface area contributed by atoms with E-state index in [2.05, 4.69) is 59.5 Å². The largest absolute Gasteiger partial charge is 0.383 e. The lowest BCUT2D eigenvalue weighted by Gasteiger charge is -2.13. The first-order valence-corrected chi connectivity index (χ1v) is 7.51. The van der Waals surface area contributed by atoms with Gasteiger partial charge in [-0.3, -0.25) is 0 Å². The van der Waals surface area contributed by atoms with E-state index in [1.165, 1.54) is 5.56 Å². The standard InChI is InChI=1S/C17H22N4/c1-10(2)16-20-15(18)11(3)17(21-16)19-14-9-13(14)12-7-5-4-6-8-12/h4-8,10,13-14H,9H2,1-3H3,(H3,18,19,20,21). The van der Waals surface area contributed by atoms with Crippen molar-refractivity contribution < 1.29 is 0 Å². The van der Waals surface area contributed by atoms with E-state index >= 15 is 0 Å². The summed E-state index contributed by atoms with van der Waals surface area (Å²) in [4.78, 5) is 9.00. The molecule has 110 valence electrons. The molecule has 1 aliphatic carbocycles. The lowest BCUT2D eigenvalue weighted by atomic mass is 10.1. The minimum atomic E-state index is 0.276. The SMILES string of the molecule is Cc1c(N)nc(C(C)C)nc1NC1CC1c1ccccc1. The molecule has 1 aromatic heterocycles. The number of aromatic nitrogens is 2. The number of nitrogen functional groups attached to an aromatic ring is 1. The van der Waals surface area contributed by atoms with Gasteiger partial charge in [-0.1, -0.05) is 44.2 Å². The zero-order valence-electron chi connectivity index (χ0n) is 12.8. The zero-order chi connectivity index (χ0) is 15.0. The Labute approximate surface area is 125 Å². The fraction of sp³-hybridized carbons (Fsp3) is 0.412. The molecule has 4 heteroatoms. The second-order valence-corrected chi connectivity index (χ2v) is 6.10. The number of nitrogens with two attached hydrogens (primary N) is 1. The van der Waals surface area contributed by atoms with Gasteiger partial charge in [-0.15, -0.1) is 0 Å². The van der Waals surface area contributed by atoms with E-state index in [4.69, 9.17) is 5.73 Å². The van der Waals surface area contributed by atoms with Gasteiger partial charge < -0.3 is 11.1 Å². The predicted molar refractivity (Wildman–Crippen MR) is 86.5 cm³/mol. The summed E-state index contributed by atoms with van der Waals surface area (Å²) in [5.41, 5.74) is 8.34. The minimum absolute atomic E-state index is 0.276. The van der Waals surface area contributed by atoms with Crippen molar-refractivity contribution in [2.24, 2.45) is 0 Å². The number of nitrogens with one attached hydrogen (secondary N) is 1. The van der Waals surface area contributed by atoms with Crippen molar-refractivity contribution in [1.29, 1.82) is 0 Å². The minimum Gasteiger partial charge on any atom is -0.383 e. The molecule has 0 saturated heterocycles. The first kappa shape index (κ1) is 13.9. The van der Waals surface area contributed by atoms with Crippen LogP contribution in [0.2, 0.25) is 0 Å². The monoisotopic (exact) mass is 282 g/mol. The zero-order valence-corrected chi connectivity index (χ0v) is 12.8. The van der Waals surface area contributed by atoms with Gasteiger partial charge in [0.25, 0.3) is 0 Å². The van der Waals surface area contributed by atoms with Crippen molar-refractivity contribution in [3.05, 3.63) is 47.3 Å². The van der Waals surface area contributed by atoms with E-state index in [9.17, 15) is 0 Å². The molecule has 0 aliphatic heterocycles. The van der Waals surface area contributed by atoms with Crippen LogP contribution >= 0.6 is 0 Å². The molecule has 2 aromatic rings. The second kappa shape index (κ2) is 5.35. The summed E-state index contributed by atoms with van der Waals surface area (Å²) in [6.45, 7) is 6.14. The Morgan fingerprint density at radius 2 is 1.90 bits per heavy atom. The van der Waals surface area contributed by atoms with Gasteiger partial charge in [0.05, 0.1) is 0 Å². The number of rotatable bonds is 4. The van der Waals surface area contributed by atoms with E-state index in [1.807, 2.05) is 6.92 Å². The molecular formula is C17H22N4. The van der Waals surface area contributed by atoms with E-state index in [0.717, 1.165) is 23.6 Å². The first-order valence-electron chi connectivity index (χ1n) is 7.51. The maximum absolute atomic E-state index is 6.01. The highest BCUT2D eigenvalue weighted by Crippen LogP contribution is 2.43. The quantitative estimate of drug-likeness (QED) is 0.901. The summed E-state index contributed by atoms with van der Waals surface area (Å²) in [5.74, 6) is 3.11. The van der Waals surface area contributed by atoms with E-state index in [1.54, 1.807) is 0 Å². The molecule has 1 heterocycles. The van der Waals surface area contributed by atoms with Crippen LogP contribution in [0.5, 0.6) is 0 Å². The Morgan fingerprint density at radius 1 is 1.19 bits per heavy atom. The first-order chi connectivity index (χ1) is 10.1. The van der Waals surface area contributed by atoms with Gasteiger partial charge in [0, 0.05) is 23.4 Å². The lowest BCUT2D eigenvalue weighted by molar-refractivity contribution is 0.774. The molecule has 2 unspecified atom stereocenters. The summed E-state index contributed by atoms with van der Waals surface area (Å²) < 4.78 is 0. The molecule has 1 aliphatic rings. The number of nitrogens with zero attached hydrogens (tertiary/aromatic N) is 2. The molecule has 21 heavy (non-hydrogen) atoms. The van der Waals surface area contributed by atoms with E-state index in [0.29, 0.717) is 17.8 Å². The maximum Gasteiger partial charge on any atom is 0.135 e. The normalized spacial score (nSPS) is 20.6. The van der Waals surface area contributed by atoms with Gasteiger partial charge >= 0.3 is 0 Å². The van der Waals surface area contributed by atoms with Crippen LogP contribution in [-0.2, 0) is 0 Å². The molecule has 0 bridgehead atoms. The maximum atomic E-state index is 6.01. The highest BCUT2D eigenvalue weighted by Gasteiger charge is 2.38. The van der Waals surface area contributed by atoms with Gasteiger partial charge in [0.1, 0.15) is 17.5 Å². The fourth-order valence-electron chi connectivity index (χ4n) is 2.55. The van der Waals surface area contributed by atoms with E-state index in [-0.39, 0.29) is 5.92 Å². The van der Waals surface area contributed by atoms with Crippen molar-refractivity contribution in [3.8, 4) is 0 Å². The van der Waals surface area contributed by atoms with Crippen molar-refractivity contribution in [2.75, 3.05) is 11.1 Å². The van der Waals surface area contributed by atoms with Gasteiger partial charge in [0.2, 0.25) is 0 Å². The molecule has 3 rings (SSSR count). The summed E-state index contributed by atoms with van der Waals surface area (Å²) in [6.07, 6.45) is 1.14. The van der Waals surface area contributed by atoms with Crippen LogP contribution < -0.4 is 11.1 Å². The van der Waals surface area contributed by atoms with Crippen LogP contribution in [0.15, 0.2) is 30.3 Å². The van der Waals surface area contributed by atoms with Crippen molar-refractivity contribution >= 4 is 11.6 Å². The number of benzene rings is 1. The molecule has 1 fully saturated rings. The third-order valence-electron chi connectivity index (χ3n) is 4.06. The fourth-order valence-corrected chi connectivity index (χ4v) is 2.55. The van der Waals surface area contributed by atoms with Crippen molar-refractivity contribution in [2.45, 2.75) is 45.1 Å². The molecule has 4 nitrogen and oxygen atoms in total. The molecular weight excluding hydrogens is 260 g/mol. The van der Waals surface area contributed by atoms with Crippen LogP contribution in [0.25, 0.3) is 0 Å². The van der Waals surface area contributed by atoms with Crippen LogP contribution in [-0.4, -0.2) is 16.0 Å². The van der Waals surface area contributed by atoms with Crippen LogP contribution in [0, 0.1) is 6.92 Å². The van der Waals surface area contributed by atoms with Crippen molar-refractivity contribution in [1.82, 2.24) is 9.97 Å². The molecule has 3 N–H and O–H groups in total. The van der Waals surface area contributed by atoms with Gasteiger partial charge in [-0.25, -0.2) is 9.97 Å². The Hall–Kier alpha value is -2.10. The summed E-state index contributed by atoms with van der Waals surface area (Å²) in [6, 6.07) is 11.1. The van der Waals surface area contributed by atoms with Crippen molar-refractivity contribution in [3.63, 3.8) is 0 Å². The Morgan fingerprint density at radius 3 is 2.57 bits per heavy atom. The molecule has 1 saturated carbocycles. The average Bonchev–Trinajstić information content (AvgIpc) is 3.23. The highest BCUT2D eigenvalue weighted by molar-refractivity contribution is 5.56. The Bertz CT molecular complexity index is 637. The van der Waals surface area contributed by atoms with Crippen LogP contribution in [0.1, 0.15) is 49.1 Å². The third kappa shape index (κ3) is 2.84. The number of hydrogen-bond donors (Lipinski definition) is 2. The highest BCUT2D eigenvalue weighted by atomic mass is 15.1. The van der Waals surface area contributed by atoms with E-state index < -0.39 is 0 Å². The topological polar surface area (TPSA) is 63.8 Å². The molecule has 0 radical (unpaired) electrons. The predicted octanol–water partition coefficient (Wildman–Crippen LogP) is 3.46. The number of hydrogen-bond acceptors (Lipinski definition) is 4. The van der Waals surface area contributed by atoms with Gasteiger partial charge in [-0.05, 0) is 18.9 Å². The van der Waals surface area contributed by atoms with Gasteiger partial charge in [0.15, 0.2) is 0 Å². The molecule has 0 spiro atoms. The summed E-state index contributed by atoms with van der Waals surface area (Å²) >= 11 is 0. The second-order valence-electron chi connectivity index (χ2n) is 6.10. The molecule has 1 aromatic carbocycles. The summed E-state index contributed by atoms with van der Waals surface area (Å²) in [7, 11) is 0. The Balaban J connectivity index is 1.77. The van der Waals surface area contributed by atoms with Crippen LogP contribution in [0.4, 0.5) is 11.6 Å². The lowest BCUT2D eigenvalue weighted by Crippen LogP contribution is -2.12. The smallest absolute Gasteiger partial charge is 0.135 e. The van der Waals surface area contributed by atoms with Gasteiger partial charge in [-0.2, -0.15) is 0 Å². The number of anilines is 2. The average molecular weight is 282 g/mol. The van der Waals surface area contributed by atoms with Crippen LogP contribution in [0.3, 0.4) is 0 Å². The molecule has 0 amide bonds.